The van der Waals surface area contributed by atoms with Crippen molar-refractivity contribution >= 4 is 23.2 Å². The molecule has 1 heterocycles. The smallest absolute Gasteiger partial charge is 0.251 e. The molecule has 1 fully saturated rings. The zero-order valence-corrected chi connectivity index (χ0v) is 11.5. The van der Waals surface area contributed by atoms with Crippen LogP contribution >= 0.6 is 12.2 Å². The monoisotopic (exact) mass is 262 g/mol. The van der Waals surface area contributed by atoms with Crippen LogP contribution in [0.25, 0.3) is 0 Å². The average molecular weight is 262 g/mol. The predicted molar refractivity (Wildman–Crippen MR) is 76.0 cm³/mol. The quantitative estimate of drug-likeness (QED) is 0.845. The van der Waals surface area contributed by atoms with E-state index in [9.17, 15) is 4.79 Å². The van der Waals surface area contributed by atoms with E-state index in [1.54, 1.807) is 4.90 Å². The topological polar surface area (TPSA) is 32.3 Å². The Kier molecular flexibility index (Phi) is 3.97. The first-order valence-corrected chi connectivity index (χ1v) is 6.70. The molecule has 0 spiro atoms. The van der Waals surface area contributed by atoms with E-state index in [0.29, 0.717) is 17.6 Å². The van der Waals surface area contributed by atoms with Gasteiger partial charge >= 0.3 is 0 Å². The lowest BCUT2D eigenvalue weighted by atomic mass is 9.99. The minimum atomic E-state index is -0.161. The van der Waals surface area contributed by atoms with Gasteiger partial charge in [-0.05, 0) is 23.7 Å². The van der Waals surface area contributed by atoms with Crippen LogP contribution in [0.3, 0.4) is 0 Å². The molecule has 2 atom stereocenters. The van der Waals surface area contributed by atoms with E-state index in [-0.39, 0.29) is 11.9 Å². The molecule has 0 unspecified atom stereocenters. The number of hydrogen-bond donors (Lipinski definition) is 1. The van der Waals surface area contributed by atoms with E-state index in [1.807, 2.05) is 30.3 Å². The number of rotatable bonds is 4. The summed E-state index contributed by atoms with van der Waals surface area (Å²) < 4.78 is 0. The Balaban J connectivity index is 2.10. The second-order valence-corrected chi connectivity index (χ2v) is 5.11. The van der Waals surface area contributed by atoms with Crippen LogP contribution in [-0.2, 0) is 11.3 Å². The Morgan fingerprint density at radius 3 is 2.67 bits per heavy atom. The van der Waals surface area contributed by atoms with Gasteiger partial charge in [0.05, 0.1) is 6.54 Å². The fourth-order valence-corrected chi connectivity index (χ4v) is 2.36. The molecular weight excluding hydrogens is 244 g/mol. The summed E-state index contributed by atoms with van der Waals surface area (Å²) in [5, 5.41) is 3.68. The zero-order valence-electron chi connectivity index (χ0n) is 10.7. The second-order valence-electron chi connectivity index (χ2n) is 4.72. The van der Waals surface area contributed by atoms with Crippen LogP contribution in [0.4, 0.5) is 0 Å². The minimum Gasteiger partial charge on any atom is -0.350 e. The SMILES string of the molecule is CC[C@H](C)[C@H]1NC(=S)N(Cc2ccccc2)C1=O. The van der Waals surface area contributed by atoms with Crippen LogP contribution in [0.1, 0.15) is 25.8 Å². The molecule has 1 aromatic rings. The van der Waals surface area contributed by atoms with E-state index >= 15 is 0 Å². The molecule has 1 saturated heterocycles. The second kappa shape index (κ2) is 5.48. The predicted octanol–water partition coefficient (Wildman–Crippen LogP) is 2.32. The van der Waals surface area contributed by atoms with E-state index in [2.05, 4.69) is 19.2 Å². The van der Waals surface area contributed by atoms with Gasteiger partial charge in [0.2, 0.25) is 0 Å². The molecular formula is C14H18N2OS. The maximum Gasteiger partial charge on any atom is 0.251 e. The lowest BCUT2D eigenvalue weighted by Gasteiger charge is -2.16. The lowest BCUT2D eigenvalue weighted by Crippen LogP contribution is -2.35. The molecule has 0 aliphatic carbocycles. The number of thiocarbonyl (C=S) groups is 1. The summed E-state index contributed by atoms with van der Waals surface area (Å²) in [4.78, 5) is 14.0. The van der Waals surface area contributed by atoms with Crippen molar-refractivity contribution in [3.05, 3.63) is 35.9 Å². The Bertz CT molecular complexity index is 446. The van der Waals surface area contributed by atoms with Crippen molar-refractivity contribution in [2.75, 3.05) is 0 Å². The summed E-state index contributed by atoms with van der Waals surface area (Å²) in [6.07, 6.45) is 0.963. The molecule has 0 saturated carbocycles. The van der Waals surface area contributed by atoms with Crippen molar-refractivity contribution < 1.29 is 4.79 Å². The molecule has 1 amide bonds. The van der Waals surface area contributed by atoms with Gasteiger partial charge < -0.3 is 5.32 Å². The van der Waals surface area contributed by atoms with Gasteiger partial charge in [0.15, 0.2) is 5.11 Å². The van der Waals surface area contributed by atoms with Gasteiger partial charge in [0.1, 0.15) is 6.04 Å². The Labute approximate surface area is 113 Å². The first-order chi connectivity index (χ1) is 8.63. The molecule has 1 N–H and O–H groups in total. The third-order valence-corrected chi connectivity index (χ3v) is 3.79. The average Bonchev–Trinajstić information content (AvgIpc) is 2.67. The van der Waals surface area contributed by atoms with Crippen molar-refractivity contribution in [3.63, 3.8) is 0 Å². The maximum absolute atomic E-state index is 12.3. The summed E-state index contributed by atoms with van der Waals surface area (Å²) in [5.41, 5.74) is 1.10. The largest absolute Gasteiger partial charge is 0.350 e. The summed E-state index contributed by atoms with van der Waals surface area (Å²) in [6.45, 7) is 4.71. The number of carbonyl (C=O) groups excluding carboxylic acids is 1. The van der Waals surface area contributed by atoms with Crippen LogP contribution in [0.5, 0.6) is 0 Å². The van der Waals surface area contributed by atoms with Crippen molar-refractivity contribution in [3.8, 4) is 0 Å². The Hall–Kier alpha value is -1.42. The Morgan fingerprint density at radius 2 is 2.06 bits per heavy atom. The molecule has 0 aromatic heterocycles. The first kappa shape index (κ1) is 13.0. The van der Waals surface area contributed by atoms with Gasteiger partial charge in [-0.2, -0.15) is 0 Å². The van der Waals surface area contributed by atoms with Crippen LogP contribution in [-0.4, -0.2) is 22.0 Å². The van der Waals surface area contributed by atoms with Crippen molar-refractivity contribution in [1.82, 2.24) is 10.2 Å². The molecule has 1 aliphatic rings. The van der Waals surface area contributed by atoms with Crippen LogP contribution in [0.15, 0.2) is 30.3 Å². The van der Waals surface area contributed by atoms with Gasteiger partial charge in [-0.3, -0.25) is 9.69 Å². The van der Waals surface area contributed by atoms with Crippen molar-refractivity contribution in [1.29, 1.82) is 0 Å². The highest BCUT2D eigenvalue weighted by Crippen LogP contribution is 2.18. The van der Waals surface area contributed by atoms with E-state index in [4.69, 9.17) is 12.2 Å². The molecule has 2 rings (SSSR count). The maximum atomic E-state index is 12.3. The molecule has 3 nitrogen and oxygen atoms in total. The molecule has 1 aliphatic heterocycles. The van der Waals surface area contributed by atoms with E-state index < -0.39 is 0 Å². The van der Waals surface area contributed by atoms with Gasteiger partial charge in [-0.1, -0.05) is 50.6 Å². The minimum absolute atomic E-state index is 0.0956. The zero-order chi connectivity index (χ0) is 13.1. The van der Waals surface area contributed by atoms with Gasteiger partial charge in [0, 0.05) is 0 Å². The highest BCUT2D eigenvalue weighted by Gasteiger charge is 2.37. The van der Waals surface area contributed by atoms with Crippen LogP contribution < -0.4 is 5.32 Å². The van der Waals surface area contributed by atoms with Gasteiger partial charge in [-0.25, -0.2) is 0 Å². The normalized spacial score (nSPS) is 21.0. The first-order valence-electron chi connectivity index (χ1n) is 6.29. The fourth-order valence-electron chi connectivity index (χ4n) is 2.08. The molecule has 1 aromatic carbocycles. The van der Waals surface area contributed by atoms with E-state index in [1.165, 1.54) is 0 Å². The summed E-state index contributed by atoms with van der Waals surface area (Å²) in [6, 6.07) is 9.76. The molecule has 0 radical (unpaired) electrons. The third kappa shape index (κ3) is 2.53. The van der Waals surface area contributed by atoms with Crippen LogP contribution in [0.2, 0.25) is 0 Å². The van der Waals surface area contributed by atoms with Crippen molar-refractivity contribution in [2.45, 2.75) is 32.9 Å². The molecule has 0 bridgehead atoms. The highest BCUT2D eigenvalue weighted by molar-refractivity contribution is 7.80. The number of carbonyl (C=O) groups is 1. The summed E-state index contributed by atoms with van der Waals surface area (Å²) >= 11 is 5.25. The summed E-state index contributed by atoms with van der Waals surface area (Å²) in [7, 11) is 0. The van der Waals surface area contributed by atoms with E-state index in [0.717, 1.165) is 12.0 Å². The summed E-state index contributed by atoms with van der Waals surface area (Å²) in [5.74, 6) is 0.398. The lowest BCUT2D eigenvalue weighted by molar-refractivity contribution is -0.128. The van der Waals surface area contributed by atoms with Crippen molar-refractivity contribution in [2.24, 2.45) is 5.92 Å². The third-order valence-electron chi connectivity index (χ3n) is 3.45. The Morgan fingerprint density at radius 1 is 1.39 bits per heavy atom. The highest BCUT2D eigenvalue weighted by atomic mass is 32.1. The van der Waals surface area contributed by atoms with Crippen LogP contribution in [0, 0.1) is 5.92 Å². The number of benzene rings is 1. The van der Waals surface area contributed by atoms with Gasteiger partial charge in [-0.15, -0.1) is 0 Å². The number of amides is 1. The molecule has 96 valence electrons. The standard InChI is InChI=1S/C14H18N2OS/c1-3-10(2)12-13(17)16(14(18)15-12)9-11-7-5-4-6-8-11/h4-8,10,12H,3,9H2,1-2H3,(H,15,18)/t10-,12+/m0/s1. The fraction of sp³-hybridized carbons (Fsp3) is 0.429. The molecule has 4 heteroatoms. The molecule has 18 heavy (non-hydrogen) atoms. The van der Waals surface area contributed by atoms with Gasteiger partial charge in [0.25, 0.3) is 5.91 Å². The number of nitrogens with zero attached hydrogens (tertiary/aromatic N) is 1. The number of nitrogens with one attached hydrogen (secondary N) is 1. The number of hydrogen-bond acceptors (Lipinski definition) is 2.